The van der Waals surface area contributed by atoms with Crippen LogP contribution in [-0.2, 0) is 9.53 Å². The zero-order valence-corrected chi connectivity index (χ0v) is 18.5. The summed E-state index contributed by atoms with van der Waals surface area (Å²) in [6, 6.07) is 0. The van der Waals surface area contributed by atoms with E-state index in [0.717, 1.165) is 25.8 Å². The number of nitrogens with two attached hydrogens (primary N) is 1. The highest BCUT2D eigenvalue weighted by Crippen LogP contribution is 2.36. The highest BCUT2D eigenvalue weighted by Gasteiger charge is 2.30. The molecule has 0 aromatic heterocycles. The number of aliphatic hydroxyl groups excluding tert-OH is 1. The first-order valence-electron chi connectivity index (χ1n) is 9.78. The van der Waals surface area contributed by atoms with Crippen LogP contribution in [0.5, 0.6) is 0 Å². The third-order valence-corrected chi connectivity index (χ3v) is 4.73. The van der Waals surface area contributed by atoms with E-state index in [1.54, 1.807) is 0 Å². The highest BCUT2D eigenvalue weighted by atomic mass is 16.5. The number of nitrogens with one attached hydrogen (secondary N) is 1. The number of aliphatic hydroxyl groups is 1. The maximum atomic E-state index is 11.2. The van der Waals surface area contributed by atoms with Gasteiger partial charge in [0.2, 0.25) is 5.91 Å². The molecule has 4 N–H and O–H groups in total. The number of ether oxygens (including phenoxy) is 1. The normalized spacial score (nSPS) is 13.9. The molecule has 0 saturated heterocycles. The lowest BCUT2D eigenvalue weighted by molar-refractivity contribution is -0.120. The van der Waals surface area contributed by atoms with Crippen LogP contribution in [0.3, 0.4) is 0 Å². The summed E-state index contributed by atoms with van der Waals surface area (Å²) < 4.78 is 5.76. The molecule has 0 saturated carbocycles. The van der Waals surface area contributed by atoms with Crippen LogP contribution in [0.4, 0.5) is 0 Å². The van der Waals surface area contributed by atoms with Crippen LogP contribution < -0.4 is 11.1 Å². The minimum atomic E-state index is -0.242. The van der Waals surface area contributed by atoms with Gasteiger partial charge in [-0.3, -0.25) is 10.1 Å². The molecule has 0 aromatic carbocycles. The molecule has 5 heteroatoms. The predicted molar refractivity (Wildman–Crippen MR) is 109 cm³/mol. The number of amides is 1. The van der Waals surface area contributed by atoms with Crippen molar-refractivity contribution in [2.75, 3.05) is 26.5 Å². The van der Waals surface area contributed by atoms with Crippen LogP contribution in [-0.4, -0.2) is 37.5 Å². The third-order valence-electron chi connectivity index (χ3n) is 4.73. The van der Waals surface area contributed by atoms with Gasteiger partial charge in [-0.1, -0.05) is 55.4 Å². The molecule has 0 rings (SSSR count). The number of carbonyl (C=O) groups is 1. The van der Waals surface area contributed by atoms with Crippen molar-refractivity contribution in [3.05, 3.63) is 0 Å². The SMILES string of the molecule is CC(C)(CO)CC(C)(C)CCOCNCC(C)(C)CC(C)(C)CC(N)=O. The molecule has 0 aliphatic heterocycles. The molecule has 0 unspecified atom stereocenters. The molecule has 0 aliphatic rings. The fourth-order valence-corrected chi connectivity index (χ4v) is 4.21. The molecule has 0 atom stereocenters. The largest absolute Gasteiger partial charge is 0.396 e. The Bertz CT molecular complexity index is 429. The Morgan fingerprint density at radius 1 is 0.923 bits per heavy atom. The van der Waals surface area contributed by atoms with Crippen molar-refractivity contribution in [1.82, 2.24) is 5.32 Å². The quantitative estimate of drug-likeness (QED) is 0.321. The fraction of sp³-hybridized carbons (Fsp3) is 0.952. The summed E-state index contributed by atoms with van der Waals surface area (Å²) in [6.07, 6.45) is 3.26. The standard InChI is InChI=1S/C21H44N2O3/c1-18(2,12-21(7,8)15-24)9-10-26-16-23-14-20(5,6)13-19(3,4)11-17(22)25/h23-24H,9-16H2,1-8H3,(H2,22,25). The molecular weight excluding hydrogens is 328 g/mol. The van der Waals surface area contributed by atoms with Crippen LogP contribution in [0.25, 0.3) is 0 Å². The second-order valence-electron chi connectivity index (χ2n) is 11.0. The van der Waals surface area contributed by atoms with Gasteiger partial charge in [-0.15, -0.1) is 0 Å². The van der Waals surface area contributed by atoms with Gasteiger partial charge < -0.3 is 15.6 Å². The topological polar surface area (TPSA) is 84.6 Å². The van der Waals surface area contributed by atoms with Gasteiger partial charge in [-0.05, 0) is 40.9 Å². The predicted octanol–water partition coefficient (Wildman–Crippen LogP) is 3.69. The Labute approximate surface area is 161 Å². The molecule has 0 bridgehead atoms. The average Bonchev–Trinajstić information content (AvgIpc) is 2.38. The zero-order valence-electron chi connectivity index (χ0n) is 18.5. The second-order valence-corrected chi connectivity index (χ2v) is 11.0. The molecule has 0 aromatic rings. The van der Waals surface area contributed by atoms with Gasteiger partial charge >= 0.3 is 0 Å². The Hall–Kier alpha value is -0.650. The number of hydrogen-bond donors (Lipinski definition) is 3. The molecule has 0 spiro atoms. The zero-order chi connectivity index (χ0) is 20.6. The van der Waals surface area contributed by atoms with Crippen molar-refractivity contribution in [2.24, 2.45) is 27.4 Å². The summed E-state index contributed by atoms with van der Waals surface area (Å²) in [6.45, 7) is 19.5. The number of hydrogen-bond acceptors (Lipinski definition) is 4. The van der Waals surface area contributed by atoms with Crippen molar-refractivity contribution in [2.45, 2.75) is 81.1 Å². The number of carbonyl (C=O) groups excluding carboxylic acids is 1. The summed E-state index contributed by atoms with van der Waals surface area (Å²) in [5.74, 6) is -0.242. The van der Waals surface area contributed by atoms with E-state index in [4.69, 9.17) is 10.5 Å². The monoisotopic (exact) mass is 372 g/mol. The molecule has 0 aliphatic carbocycles. The van der Waals surface area contributed by atoms with Gasteiger partial charge in [0, 0.05) is 26.2 Å². The lowest BCUT2D eigenvalue weighted by Crippen LogP contribution is -2.36. The first-order chi connectivity index (χ1) is 11.6. The molecule has 5 nitrogen and oxygen atoms in total. The lowest BCUT2D eigenvalue weighted by Gasteiger charge is -2.35. The Kier molecular flexibility index (Phi) is 9.80. The average molecular weight is 373 g/mol. The lowest BCUT2D eigenvalue weighted by atomic mass is 9.73. The van der Waals surface area contributed by atoms with Crippen molar-refractivity contribution in [3.63, 3.8) is 0 Å². The van der Waals surface area contributed by atoms with E-state index in [1.165, 1.54) is 0 Å². The van der Waals surface area contributed by atoms with Gasteiger partial charge in [0.05, 0.1) is 6.73 Å². The van der Waals surface area contributed by atoms with E-state index in [0.29, 0.717) is 19.8 Å². The first kappa shape index (κ1) is 25.4. The number of rotatable bonds is 14. The van der Waals surface area contributed by atoms with Gasteiger partial charge in [0.15, 0.2) is 0 Å². The summed E-state index contributed by atoms with van der Waals surface area (Å²) >= 11 is 0. The van der Waals surface area contributed by atoms with E-state index in [-0.39, 0.29) is 34.2 Å². The summed E-state index contributed by atoms with van der Waals surface area (Å²) in [4.78, 5) is 11.2. The van der Waals surface area contributed by atoms with Gasteiger partial charge in [-0.25, -0.2) is 0 Å². The minimum absolute atomic E-state index is 0.0521. The second kappa shape index (κ2) is 10.0. The van der Waals surface area contributed by atoms with Crippen LogP contribution >= 0.6 is 0 Å². The summed E-state index contributed by atoms with van der Waals surface area (Å²) in [5.41, 5.74) is 5.40. The Morgan fingerprint density at radius 2 is 1.46 bits per heavy atom. The molecule has 1 amide bonds. The summed E-state index contributed by atoms with van der Waals surface area (Å²) in [7, 11) is 0. The van der Waals surface area contributed by atoms with Gasteiger partial charge in [0.1, 0.15) is 0 Å². The van der Waals surface area contributed by atoms with Crippen molar-refractivity contribution < 1.29 is 14.6 Å². The van der Waals surface area contributed by atoms with Gasteiger partial charge in [0.25, 0.3) is 0 Å². The Morgan fingerprint density at radius 3 is 1.96 bits per heavy atom. The molecule has 156 valence electrons. The maximum Gasteiger partial charge on any atom is 0.217 e. The van der Waals surface area contributed by atoms with E-state index >= 15 is 0 Å². The third kappa shape index (κ3) is 12.7. The van der Waals surface area contributed by atoms with Crippen LogP contribution in [0, 0.1) is 21.7 Å². The highest BCUT2D eigenvalue weighted by molar-refractivity contribution is 5.74. The van der Waals surface area contributed by atoms with Gasteiger partial charge in [-0.2, -0.15) is 0 Å². The molecular formula is C21H44N2O3. The molecule has 0 fully saturated rings. The van der Waals surface area contributed by atoms with E-state index in [2.05, 4.69) is 60.7 Å². The smallest absolute Gasteiger partial charge is 0.217 e. The van der Waals surface area contributed by atoms with Crippen LogP contribution in [0.15, 0.2) is 0 Å². The summed E-state index contributed by atoms with van der Waals surface area (Å²) in [5, 5.41) is 12.8. The van der Waals surface area contributed by atoms with E-state index in [9.17, 15) is 9.90 Å². The van der Waals surface area contributed by atoms with Crippen LogP contribution in [0.2, 0.25) is 0 Å². The van der Waals surface area contributed by atoms with Crippen molar-refractivity contribution in [1.29, 1.82) is 0 Å². The fourth-order valence-electron chi connectivity index (χ4n) is 4.21. The first-order valence-corrected chi connectivity index (χ1v) is 9.78. The molecule has 0 radical (unpaired) electrons. The van der Waals surface area contributed by atoms with E-state index < -0.39 is 0 Å². The van der Waals surface area contributed by atoms with Crippen molar-refractivity contribution in [3.8, 4) is 0 Å². The maximum absolute atomic E-state index is 11.2. The number of primary amides is 1. The minimum Gasteiger partial charge on any atom is -0.396 e. The molecule has 0 heterocycles. The Balaban J connectivity index is 4.10. The van der Waals surface area contributed by atoms with E-state index in [1.807, 2.05) is 0 Å². The van der Waals surface area contributed by atoms with Crippen LogP contribution in [0.1, 0.15) is 81.1 Å². The van der Waals surface area contributed by atoms with Crippen molar-refractivity contribution >= 4 is 5.91 Å². The molecule has 26 heavy (non-hydrogen) atoms.